The van der Waals surface area contributed by atoms with Gasteiger partial charge >= 0.3 is 6.16 Å². The van der Waals surface area contributed by atoms with E-state index in [1.165, 1.54) is 6.42 Å². The Morgan fingerprint density at radius 3 is 2.11 bits per heavy atom. The largest absolute Gasteiger partial charge is 0.503 e. The number of aliphatic hydroxyl groups is 2. The van der Waals surface area contributed by atoms with Crippen LogP contribution in [0.25, 0.3) is 0 Å². The van der Waals surface area contributed by atoms with Crippen LogP contribution in [0.2, 0.25) is 0 Å². The van der Waals surface area contributed by atoms with Crippen LogP contribution in [-0.2, 0) is 0 Å². The third kappa shape index (κ3) is 6.25. The Kier molecular flexibility index (Phi) is 7.37. The molecule has 5 nitrogen and oxygen atoms in total. The summed E-state index contributed by atoms with van der Waals surface area (Å²) in [6.45, 7) is 8.46. The van der Waals surface area contributed by atoms with Crippen LogP contribution in [0.15, 0.2) is 0 Å². The van der Waals surface area contributed by atoms with Gasteiger partial charge < -0.3 is 20.4 Å². The van der Waals surface area contributed by atoms with Crippen molar-refractivity contribution < 1.29 is 25.2 Å². The summed E-state index contributed by atoms with van der Waals surface area (Å²) in [7, 11) is 0. The van der Waals surface area contributed by atoms with Crippen LogP contribution >= 0.6 is 0 Å². The molecule has 1 aliphatic rings. The molecule has 5 heteroatoms. The van der Waals surface area contributed by atoms with Crippen molar-refractivity contribution in [3.8, 4) is 0 Å². The Labute approximate surface area is 115 Å². The molecule has 1 fully saturated rings. The Bertz CT molecular complexity index is 271. The number of carboxylic acid groups (broad SMARTS) is 2. The quantitative estimate of drug-likeness (QED) is 0.594. The molecule has 0 heterocycles. The lowest BCUT2D eigenvalue weighted by Crippen LogP contribution is -2.45. The first-order valence-electron chi connectivity index (χ1n) is 6.98. The molecule has 114 valence electrons. The maximum atomic E-state index is 10.0. The molecule has 3 atom stereocenters. The number of hydrogen-bond acceptors (Lipinski definition) is 3. The zero-order chi connectivity index (χ0) is 15.2. The van der Waals surface area contributed by atoms with Gasteiger partial charge in [-0.05, 0) is 37.0 Å². The summed E-state index contributed by atoms with van der Waals surface area (Å²) in [5, 5.41) is 34.0. The lowest BCUT2D eigenvalue weighted by molar-refractivity contribution is -0.227. The van der Waals surface area contributed by atoms with Gasteiger partial charge in [-0.2, -0.15) is 0 Å². The first-order chi connectivity index (χ1) is 8.61. The molecule has 3 unspecified atom stereocenters. The second kappa shape index (κ2) is 7.70. The van der Waals surface area contributed by atoms with Crippen molar-refractivity contribution in [3.05, 3.63) is 0 Å². The highest BCUT2D eigenvalue weighted by atomic mass is 16.6. The van der Waals surface area contributed by atoms with Crippen molar-refractivity contribution in [1.82, 2.24) is 0 Å². The predicted molar refractivity (Wildman–Crippen MR) is 72.9 cm³/mol. The fraction of sp³-hybridized carbons (Fsp3) is 0.929. The van der Waals surface area contributed by atoms with E-state index in [4.69, 9.17) is 15.0 Å². The van der Waals surface area contributed by atoms with E-state index in [0.717, 1.165) is 12.8 Å². The molecule has 4 N–H and O–H groups in total. The standard InChI is InChI=1S/C13H26O2.CH2O3/c1-5-13(14,15)12-8-10(4)6-7-11(12)9(2)3;2-1(3)4/h9-12,14-15H,5-8H2,1-4H3;(H2,2,3,4). The molecule has 19 heavy (non-hydrogen) atoms. The molecule has 1 saturated carbocycles. The minimum Gasteiger partial charge on any atom is -0.450 e. The molecular weight excluding hydrogens is 248 g/mol. The average Bonchev–Trinajstić information content (AvgIpc) is 2.27. The van der Waals surface area contributed by atoms with E-state index in [2.05, 4.69) is 20.8 Å². The smallest absolute Gasteiger partial charge is 0.450 e. The second-order valence-electron chi connectivity index (χ2n) is 5.95. The van der Waals surface area contributed by atoms with E-state index >= 15 is 0 Å². The highest BCUT2D eigenvalue weighted by Gasteiger charge is 2.42. The third-order valence-electron chi connectivity index (χ3n) is 4.14. The molecule has 0 spiro atoms. The van der Waals surface area contributed by atoms with Crippen molar-refractivity contribution in [2.75, 3.05) is 0 Å². The van der Waals surface area contributed by atoms with Crippen molar-refractivity contribution in [2.24, 2.45) is 23.7 Å². The van der Waals surface area contributed by atoms with E-state index in [9.17, 15) is 10.2 Å². The molecule has 1 rings (SSSR count). The summed E-state index contributed by atoms with van der Waals surface area (Å²) in [6, 6.07) is 0. The van der Waals surface area contributed by atoms with Crippen LogP contribution in [0.5, 0.6) is 0 Å². The maximum Gasteiger partial charge on any atom is 0.503 e. The lowest BCUT2D eigenvalue weighted by Gasteiger charge is -2.43. The Balaban J connectivity index is 0.000000711. The van der Waals surface area contributed by atoms with Gasteiger partial charge in [0.2, 0.25) is 0 Å². The van der Waals surface area contributed by atoms with Crippen LogP contribution in [0.1, 0.15) is 53.4 Å². The minimum absolute atomic E-state index is 0.0613. The summed E-state index contributed by atoms with van der Waals surface area (Å²) in [6.07, 6.45) is 1.95. The van der Waals surface area contributed by atoms with E-state index in [0.29, 0.717) is 24.2 Å². The van der Waals surface area contributed by atoms with Gasteiger partial charge in [-0.1, -0.05) is 34.1 Å². The van der Waals surface area contributed by atoms with Crippen molar-refractivity contribution in [3.63, 3.8) is 0 Å². The van der Waals surface area contributed by atoms with Gasteiger partial charge in [-0.25, -0.2) is 4.79 Å². The summed E-state index contributed by atoms with van der Waals surface area (Å²) in [5.74, 6) is 0.259. The van der Waals surface area contributed by atoms with Crippen LogP contribution in [0.3, 0.4) is 0 Å². The Morgan fingerprint density at radius 2 is 1.74 bits per heavy atom. The first kappa shape index (κ1) is 18.2. The summed E-state index contributed by atoms with van der Waals surface area (Å²) in [5.41, 5.74) is 0. The highest BCUT2D eigenvalue weighted by molar-refractivity contribution is 5.53. The molecule has 0 aromatic heterocycles. The van der Waals surface area contributed by atoms with Gasteiger partial charge in [0.25, 0.3) is 0 Å². The van der Waals surface area contributed by atoms with Crippen molar-refractivity contribution in [1.29, 1.82) is 0 Å². The summed E-state index contributed by atoms with van der Waals surface area (Å²) in [4.78, 5) is 8.56. The van der Waals surface area contributed by atoms with Gasteiger partial charge in [-0.15, -0.1) is 0 Å². The zero-order valence-electron chi connectivity index (χ0n) is 12.3. The molecule has 1 aliphatic carbocycles. The lowest BCUT2D eigenvalue weighted by atomic mass is 9.66. The van der Waals surface area contributed by atoms with Crippen LogP contribution in [0.4, 0.5) is 4.79 Å². The van der Waals surface area contributed by atoms with Gasteiger partial charge in [0.05, 0.1) is 0 Å². The molecular formula is C14H28O5. The maximum absolute atomic E-state index is 10.0. The number of carbonyl (C=O) groups is 1. The van der Waals surface area contributed by atoms with Crippen LogP contribution < -0.4 is 0 Å². The Morgan fingerprint density at radius 1 is 1.26 bits per heavy atom. The van der Waals surface area contributed by atoms with E-state index in [1.807, 2.05) is 6.92 Å². The average molecular weight is 276 g/mol. The first-order valence-corrected chi connectivity index (χ1v) is 6.98. The monoisotopic (exact) mass is 276 g/mol. The summed E-state index contributed by atoms with van der Waals surface area (Å²) < 4.78 is 0. The van der Waals surface area contributed by atoms with Crippen molar-refractivity contribution >= 4 is 6.16 Å². The highest BCUT2D eigenvalue weighted by Crippen LogP contribution is 2.43. The SMILES string of the molecule is CCC(O)(O)C1CC(C)CCC1C(C)C.O=C(O)O. The molecule has 0 amide bonds. The minimum atomic E-state index is -1.83. The van der Waals surface area contributed by atoms with Crippen molar-refractivity contribution in [2.45, 2.75) is 59.2 Å². The number of hydrogen-bond donors (Lipinski definition) is 4. The fourth-order valence-corrected chi connectivity index (χ4v) is 3.00. The topological polar surface area (TPSA) is 98.0 Å². The molecule has 0 aliphatic heterocycles. The van der Waals surface area contributed by atoms with E-state index in [-0.39, 0.29) is 5.92 Å². The van der Waals surface area contributed by atoms with Gasteiger partial charge in [0, 0.05) is 5.92 Å². The molecule has 0 bridgehead atoms. The van der Waals surface area contributed by atoms with E-state index in [1.54, 1.807) is 0 Å². The van der Waals surface area contributed by atoms with Gasteiger partial charge in [0.1, 0.15) is 0 Å². The number of rotatable bonds is 3. The predicted octanol–water partition coefficient (Wildman–Crippen LogP) is 3.01. The Hall–Kier alpha value is -0.810. The van der Waals surface area contributed by atoms with E-state index < -0.39 is 11.9 Å². The summed E-state index contributed by atoms with van der Waals surface area (Å²) >= 11 is 0. The molecule has 0 saturated heterocycles. The zero-order valence-corrected chi connectivity index (χ0v) is 12.3. The normalized spacial score (nSPS) is 27.6. The molecule has 0 aromatic carbocycles. The van der Waals surface area contributed by atoms with Crippen LogP contribution in [-0.4, -0.2) is 32.4 Å². The van der Waals surface area contributed by atoms with Gasteiger partial charge in [0.15, 0.2) is 5.79 Å². The molecule has 0 radical (unpaired) electrons. The molecule has 0 aromatic rings. The fourth-order valence-electron chi connectivity index (χ4n) is 3.00. The van der Waals surface area contributed by atoms with Crippen LogP contribution in [0, 0.1) is 23.7 Å². The van der Waals surface area contributed by atoms with Gasteiger partial charge in [-0.3, -0.25) is 0 Å². The second-order valence-corrected chi connectivity index (χ2v) is 5.95. The third-order valence-corrected chi connectivity index (χ3v) is 4.14.